The maximum Gasteiger partial charge on any atom is 0.259 e. The molecule has 1 amide bonds. The van der Waals surface area contributed by atoms with Gasteiger partial charge in [0.1, 0.15) is 17.0 Å². The van der Waals surface area contributed by atoms with Gasteiger partial charge in [0.15, 0.2) is 0 Å². The molecule has 2 fully saturated rings. The third-order valence-electron chi connectivity index (χ3n) is 5.72. The van der Waals surface area contributed by atoms with E-state index >= 15 is 0 Å². The molecule has 2 aromatic heterocycles. The molecule has 3 heterocycles. The fraction of sp³-hybridized carbons (Fsp3) is 0.429. The average molecular weight is 413 g/mol. The summed E-state index contributed by atoms with van der Waals surface area (Å²) in [6, 6.07) is 7.33. The Morgan fingerprint density at radius 3 is 2.38 bits per heavy atom. The van der Waals surface area contributed by atoms with Crippen molar-refractivity contribution in [1.29, 1.82) is 0 Å². The minimum Gasteiger partial charge on any atom is -0.425 e. The molecule has 1 aromatic carbocycles. The van der Waals surface area contributed by atoms with E-state index in [4.69, 9.17) is 20.5 Å². The van der Waals surface area contributed by atoms with E-state index in [1.165, 1.54) is 0 Å². The van der Waals surface area contributed by atoms with Gasteiger partial charge in [-0.2, -0.15) is 0 Å². The molecule has 0 unspecified atom stereocenters. The van der Waals surface area contributed by atoms with Crippen molar-refractivity contribution in [2.45, 2.75) is 44.4 Å². The summed E-state index contributed by atoms with van der Waals surface area (Å²) in [4.78, 5) is 15.1. The Bertz CT molecular complexity index is 1050. The second-order valence-electron chi connectivity index (χ2n) is 7.76. The highest BCUT2D eigenvalue weighted by atomic mass is 35.5. The highest BCUT2D eigenvalue weighted by Crippen LogP contribution is 2.40. The predicted molar refractivity (Wildman–Crippen MR) is 106 cm³/mol. The van der Waals surface area contributed by atoms with Crippen LogP contribution in [-0.2, 0) is 0 Å². The molecule has 2 aliphatic rings. The number of benzene rings is 1. The van der Waals surface area contributed by atoms with Crippen LogP contribution in [0, 0.1) is 6.92 Å². The number of nitrogens with zero attached hydrogens (tertiary/aromatic N) is 4. The highest BCUT2D eigenvalue weighted by Gasteiger charge is 2.34. The van der Waals surface area contributed by atoms with Gasteiger partial charge < -0.3 is 13.8 Å². The van der Waals surface area contributed by atoms with E-state index in [0.717, 1.165) is 31.6 Å². The maximum absolute atomic E-state index is 13.3. The van der Waals surface area contributed by atoms with Gasteiger partial charge in [0, 0.05) is 30.5 Å². The van der Waals surface area contributed by atoms with Gasteiger partial charge in [0.05, 0.1) is 5.02 Å². The van der Waals surface area contributed by atoms with Gasteiger partial charge in [-0.25, -0.2) is 0 Å². The Morgan fingerprint density at radius 1 is 1.07 bits per heavy atom. The van der Waals surface area contributed by atoms with Crippen LogP contribution in [0.15, 0.2) is 33.2 Å². The minimum absolute atomic E-state index is 0.0821. The quantitative estimate of drug-likeness (QED) is 0.623. The Hall–Kier alpha value is -2.67. The summed E-state index contributed by atoms with van der Waals surface area (Å²) in [6.45, 7) is 3.00. The first kappa shape index (κ1) is 18.4. The van der Waals surface area contributed by atoms with Crippen molar-refractivity contribution < 1.29 is 13.7 Å². The Morgan fingerprint density at radius 2 is 1.72 bits per heavy atom. The van der Waals surface area contributed by atoms with Crippen molar-refractivity contribution in [2.75, 3.05) is 13.1 Å². The highest BCUT2D eigenvalue weighted by molar-refractivity contribution is 6.33. The fourth-order valence-electron chi connectivity index (χ4n) is 3.86. The first-order valence-corrected chi connectivity index (χ1v) is 10.3. The van der Waals surface area contributed by atoms with E-state index in [2.05, 4.69) is 15.4 Å². The molecule has 29 heavy (non-hydrogen) atoms. The zero-order valence-corrected chi connectivity index (χ0v) is 16.9. The molecule has 3 aromatic rings. The Labute approximate surface area is 173 Å². The van der Waals surface area contributed by atoms with Crippen LogP contribution in [0.3, 0.4) is 0 Å². The van der Waals surface area contributed by atoms with Crippen LogP contribution >= 0.6 is 11.6 Å². The summed E-state index contributed by atoms with van der Waals surface area (Å²) in [5, 5.41) is 13.1. The molecule has 1 saturated heterocycles. The molecule has 0 spiro atoms. The van der Waals surface area contributed by atoms with Crippen molar-refractivity contribution >= 4 is 17.5 Å². The number of amides is 1. The van der Waals surface area contributed by atoms with Gasteiger partial charge in [-0.1, -0.05) is 35.0 Å². The molecule has 1 aliphatic heterocycles. The molecule has 0 N–H and O–H groups in total. The lowest BCUT2D eigenvalue weighted by molar-refractivity contribution is 0.0705. The minimum atomic E-state index is -0.0821. The van der Waals surface area contributed by atoms with Crippen LogP contribution in [0.4, 0.5) is 0 Å². The van der Waals surface area contributed by atoms with Crippen LogP contribution in [0.5, 0.6) is 0 Å². The number of likely N-dealkylation sites (tertiary alicyclic amines) is 1. The number of hydrogen-bond acceptors (Lipinski definition) is 6. The zero-order chi connectivity index (χ0) is 20.0. The van der Waals surface area contributed by atoms with Crippen molar-refractivity contribution in [1.82, 2.24) is 20.3 Å². The summed E-state index contributed by atoms with van der Waals surface area (Å²) in [7, 11) is 0. The number of hydrogen-bond donors (Lipinski definition) is 0. The molecule has 8 heteroatoms. The van der Waals surface area contributed by atoms with Crippen LogP contribution in [0.25, 0.3) is 11.3 Å². The molecule has 5 rings (SSSR count). The second kappa shape index (κ2) is 7.30. The smallest absolute Gasteiger partial charge is 0.259 e. The molecule has 150 valence electrons. The van der Waals surface area contributed by atoms with E-state index in [1.54, 1.807) is 13.0 Å². The van der Waals surface area contributed by atoms with Crippen LogP contribution in [0.1, 0.15) is 65.4 Å². The standard InChI is InChI=1S/C21H21ClN4O3/c1-12-17(18(25-29-12)15-4-2-3-5-16(15)22)21(27)26-10-8-14(9-11-26)20-24-23-19(28-20)13-6-7-13/h2-5,13-14H,6-11H2,1H3. The molecule has 0 radical (unpaired) electrons. The summed E-state index contributed by atoms with van der Waals surface area (Å²) in [5.74, 6) is 2.54. The topological polar surface area (TPSA) is 85.3 Å². The molecule has 0 bridgehead atoms. The van der Waals surface area contributed by atoms with Crippen molar-refractivity contribution in [2.24, 2.45) is 0 Å². The molecule has 7 nitrogen and oxygen atoms in total. The molecular formula is C21H21ClN4O3. The number of aromatic nitrogens is 3. The number of carbonyl (C=O) groups excluding carboxylic acids is 1. The number of carbonyl (C=O) groups is 1. The largest absolute Gasteiger partial charge is 0.425 e. The van der Waals surface area contributed by atoms with Crippen LogP contribution in [0.2, 0.25) is 5.02 Å². The van der Waals surface area contributed by atoms with Gasteiger partial charge in [0.25, 0.3) is 5.91 Å². The number of piperidine rings is 1. The SMILES string of the molecule is Cc1onc(-c2ccccc2Cl)c1C(=O)N1CCC(c2nnc(C3CC3)o2)CC1. The van der Waals surface area contributed by atoms with Gasteiger partial charge in [0.2, 0.25) is 11.8 Å². The van der Waals surface area contributed by atoms with Gasteiger partial charge in [-0.15, -0.1) is 10.2 Å². The third kappa shape index (κ3) is 3.44. The van der Waals surface area contributed by atoms with Crippen molar-refractivity contribution in [3.8, 4) is 11.3 Å². The molecule has 0 atom stereocenters. The van der Waals surface area contributed by atoms with E-state index in [1.807, 2.05) is 23.1 Å². The van der Waals surface area contributed by atoms with Gasteiger partial charge in [-0.3, -0.25) is 4.79 Å². The van der Waals surface area contributed by atoms with Crippen molar-refractivity contribution in [3.63, 3.8) is 0 Å². The Balaban J connectivity index is 1.32. The molecular weight excluding hydrogens is 392 g/mol. The third-order valence-corrected chi connectivity index (χ3v) is 6.05. The number of halogens is 1. The zero-order valence-electron chi connectivity index (χ0n) is 16.1. The van der Waals surface area contributed by atoms with E-state index in [9.17, 15) is 4.79 Å². The normalized spacial score (nSPS) is 17.7. The van der Waals surface area contributed by atoms with Gasteiger partial charge >= 0.3 is 0 Å². The lowest BCUT2D eigenvalue weighted by atomic mass is 9.95. The lowest BCUT2D eigenvalue weighted by Gasteiger charge is -2.30. The maximum atomic E-state index is 13.3. The predicted octanol–water partition coefficient (Wildman–Crippen LogP) is 4.58. The first-order chi connectivity index (χ1) is 14.1. The fourth-order valence-corrected chi connectivity index (χ4v) is 4.08. The molecule has 1 aliphatic carbocycles. The number of aryl methyl sites for hydroxylation is 1. The lowest BCUT2D eigenvalue weighted by Crippen LogP contribution is -2.38. The first-order valence-electron chi connectivity index (χ1n) is 9.95. The average Bonchev–Trinajstić information content (AvgIpc) is 3.35. The summed E-state index contributed by atoms with van der Waals surface area (Å²) in [6.07, 6.45) is 3.87. The summed E-state index contributed by atoms with van der Waals surface area (Å²) >= 11 is 6.32. The number of rotatable bonds is 4. The van der Waals surface area contributed by atoms with E-state index in [0.29, 0.717) is 52.5 Å². The van der Waals surface area contributed by atoms with Crippen LogP contribution in [-0.4, -0.2) is 39.3 Å². The monoisotopic (exact) mass is 412 g/mol. The van der Waals surface area contributed by atoms with Gasteiger partial charge in [-0.05, 0) is 38.7 Å². The summed E-state index contributed by atoms with van der Waals surface area (Å²) in [5.41, 5.74) is 1.67. The molecule has 1 saturated carbocycles. The van der Waals surface area contributed by atoms with Crippen LogP contribution < -0.4 is 0 Å². The van der Waals surface area contributed by atoms with Crippen molar-refractivity contribution in [3.05, 3.63) is 52.4 Å². The Kier molecular flexibility index (Phi) is 4.62. The second-order valence-corrected chi connectivity index (χ2v) is 8.17. The van der Waals surface area contributed by atoms with E-state index < -0.39 is 0 Å². The summed E-state index contributed by atoms with van der Waals surface area (Å²) < 4.78 is 11.2. The van der Waals surface area contributed by atoms with E-state index in [-0.39, 0.29) is 11.8 Å².